The van der Waals surface area contributed by atoms with Crippen molar-refractivity contribution in [2.24, 2.45) is 5.41 Å². The van der Waals surface area contributed by atoms with Crippen molar-refractivity contribution >= 4 is 28.8 Å². The maximum absolute atomic E-state index is 12.0. The number of amides is 1. The van der Waals surface area contributed by atoms with Crippen molar-refractivity contribution in [3.63, 3.8) is 0 Å². The average Bonchev–Trinajstić information content (AvgIpc) is 3.09. The van der Waals surface area contributed by atoms with Crippen molar-refractivity contribution in [1.29, 1.82) is 0 Å². The summed E-state index contributed by atoms with van der Waals surface area (Å²) in [5.41, 5.74) is 1.36. The second kappa shape index (κ2) is 8.54. The van der Waals surface area contributed by atoms with Crippen molar-refractivity contribution in [3.8, 4) is 22.1 Å². The van der Waals surface area contributed by atoms with Crippen LogP contribution in [0.4, 0.5) is 0 Å². The Labute approximate surface area is 157 Å². The molecule has 0 aliphatic rings. The van der Waals surface area contributed by atoms with Crippen LogP contribution in [0, 0.1) is 5.41 Å². The molecule has 2 aromatic rings. The Morgan fingerprint density at radius 1 is 1.28 bits per heavy atom. The Bertz CT molecular complexity index is 731. The highest BCUT2D eigenvalue weighted by molar-refractivity contribution is 7.13. The Morgan fingerprint density at radius 3 is 2.64 bits per heavy atom. The van der Waals surface area contributed by atoms with Crippen LogP contribution in [0.1, 0.15) is 19.5 Å². The summed E-state index contributed by atoms with van der Waals surface area (Å²) in [6, 6.07) is 5.73. The fourth-order valence-corrected chi connectivity index (χ4v) is 3.10. The molecule has 7 heteroatoms. The first-order valence-corrected chi connectivity index (χ1v) is 9.33. The van der Waals surface area contributed by atoms with E-state index >= 15 is 0 Å². The van der Waals surface area contributed by atoms with Gasteiger partial charge in [0.2, 0.25) is 5.91 Å². The molecule has 0 saturated heterocycles. The van der Waals surface area contributed by atoms with E-state index in [-0.39, 0.29) is 5.91 Å². The number of carbonyl (C=O) groups excluding carboxylic acids is 1. The second-order valence-electron chi connectivity index (χ2n) is 6.24. The maximum atomic E-state index is 12.0. The zero-order chi connectivity index (χ0) is 18.4. The minimum absolute atomic E-state index is 0.0437. The van der Waals surface area contributed by atoms with E-state index < -0.39 is 5.41 Å². The minimum atomic E-state index is -0.561. The highest BCUT2D eigenvalue weighted by Gasteiger charge is 2.25. The van der Waals surface area contributed by atoms with Crippen LogP contribution in [-0.4, -0.2) is 37.5 Å². The largest absolute Gasteiger partial charge is 0.493 e. The van der Waals surface area contributed by atoms with Gasteiger partial charge < -0.3 is 14.8 Å². The fraction of sp³-hybridized carbons (Fsp3) is 0.444. The van der Waals surface area contributed by atoms with Crippen molar-refractivity contribution in [3.05, 3.63) is 29.3 Å². The lowest BCUT2D eigenvalue weighted by Gasteiger charge is -2.20. The number of methoxy groups -OCH3 is 2. The zero-order valence-electron chi connectivity index (χ0n) is 14.9. The molecular formula is C18H23ClN2O3S. The van der Waals surface area contributed by atoms with E-state index in [4.69, 9.17) is 21.1 Å². The zero-order valence-corrected chi connectivity index (χ0v) is 16.5. The average molecular weight is 383 g/mol. The van der Waals surface area contributed by atoms with Crippen LogP contribution < -0.4 is 14.8 Å². The van der Waals surface area contributed by atoms with Gasteiger partial charge in [-0.2, -0.15) is 0 Å². The number of ether oxygens (including phenoxy) is 2. The van der Waals surface area contributed by atoms with Gasteiger partial charge in [0.05, 0.1) is 25.3 Å². The lowest BCUT2D eigenvalue weighted by Crippen LogP contribution is -2.39. The third-order valence-electron chi connectivity index (χ3n) is 3.80. The summed E-state index contributed by atoms with van der Waals surface area (Å²) in [5, 5.41) is 5.82. The summed E-state index contributed by atoms with van der Waals surface area (Å²) in [6.45, 7) is 4.19. The Kier molecular flexibility index (Phi) is 6.67. The highest BCUT2D eigenvalue weighted by atomic mass is 35.5. The van der Waals surface area contributed by atoms with Crippen LogP contribution in [-0.2, 0) is 11.2 Å². The Morgan fingerprint density at radius 2 is 2.00 bits per heavy atom. The first-order chi connectivity index (χ1) is 11.9. The molecule has 0 aliphatic heterocycles. The van der Waals surface area contributed by atoms with Gasteiger partial charge in [-0.1, -0.05) is 0 Å². The van der Waals surface area contributed by atoms with Crippen LogP contribution in [0.15, 0.2) is 23.6 Å². The molecule has 0 bridgehead atoms. The number of halogens is 1. The summed E-state index contributed by atoms with van der Waals surface area (Å²) in [4.78, 5) is 16.6. The number of aromatic nitrogens is 1. The van der Waals surface area contributed by atoms with Gasteiger partial charge in [0, 0.05) is 29.8 Å². The Balaban J connectivity index is 2.00. The normalized spacial score (nSPS) is 11.2. The third-order valence-corrected chi connectivity index (χ3v) is 5.41. The van der Waals surface area contributed by atoms with E-state index in [2.05, 4.69) is 10.3 Å². The molecule has 0 saturated carbocycles. The van der Waals surface area contributed by atoms with Gasteiger partial charge in [0.25, 0.3) is 0 Å². The smallest absolute Gasteiger partial charge is 0.226 e. The van der Waals surface area contributed by atoms with E-state index in [1.54, 1.807) is 25.6 Å². The SMILES string of the molecule is COc1ccc(-c2nc(CCNC(=O)C(C)(C)CCl)cs2)cc1OC. The molecule has 0 radical (unpaired) electrons. The van der Waals surface area contributed by atoms with Gasteiger partial charge in [0.1, 0.15) is 5.01 Å². The lowest BCUT2D eigenvalue weighted by atomic mass is 9.95. The summed E-state index contributed by atoms with van der Waals surface area (Å²) >= 11 is 7.37. The number of rotatable bonds is 8. The van der Waals surface area contributed by atoms with Gasteiger partial charge in [-0.25, -0.2) is 4.98 Å². The Hall–Kier alpha value is -1.79. The molecule has 1 N–H and O–H groups in total. The van der Waals surface area contributed by atoms with Crippen molar-refractivity contribution in [1.82, 2.24) is 10.3 Å². The number of hydrogen-bond donors (Lipinski definition) is 1. The monoisotopic (exact) mass is 382 g/mol. The van der Waals surface area contributed by atoms with Gasteiger partial charge in [-0.3, -0.25) is 4.79 Å². The van der Waals surface area contributed by atoms with Gasteiger partial charge >= 0.3 is 0 Å². The van der Waals surface area contributed by atoms with Crippen LogP contribution in [0.5, 0.6) is 11.5 Å². The molecule has 0 unspecified atom stereocenters. The molecule has 1 aromatic heterocycles. The fourth-order valence-electron chi connectivity index (χ4n) is 2.13. The van der Waals surface area contributed by atoms with Crippen molar-refractivity contribution < 1.29 is 14.3 Å². The number of nitrogens with one attached hydrogen (secondary N) is 1. The molecule has 0 fully saturated rings. The van der Waals surface area contributed by atoms with Crippen molar-refractivity contribution in [2.45, 2.75) is 20.3 Å². The topological polar surface area (TPSA) is 60.5 Å². The van der Waals surface area contributed by atoms with Crippen LogP contribution >= 0.6 is 22.9 Å². The maximum Gasteiger partial charge on any atom is 0.226 e. The van der Waals surface area contributed by atoms with E-state index in [1.807, 2.05) is 37.4 Å². The summed E-state index contributed by atoms with van der Waals surface area (Å²) < 4.78 is 10.6. The number of nitrogens with zero attached hydrogens (tertiary/aromatic N) is 1. The summed E-state index contributed by atoms with van der Waals surface area (Å²) in [6.07, 6.45) is 0.674. The van der Waals surface area contributed by atoms with Crippen LogP contribution in [0.3, 0.4) is 0 Å². The van der Waals surface area contributed by atoms with Crippen molar-refractivity contribution in [2.75, 3.05) is 26.6 Å². The number of hydrogen-bond acceptors (Lipinski definition) is 5. The molecular weight excluding hydrogens is 360 g/mol. The minimum Gasteiger partial charge on any atom is -0.493 e. The van der Waals surface area contributed by atoms with E-state index in [0.29, 0.717) is 30.3 Å². The molecule has 2 rings (SSSR count). The van der Waals surface area contributed by atoms with Gasteiger partial charge in [-0.15, -0.1) is 22.9 Å². The second-order valence-corrected chi connectivity index (χ2v) is 7.36. The van der Waals surface area contributed by atoms with Gasteiger partial charge in [-0.05, 0) is 32.0 Å². The quantitative estimate of drug-likeness (QED) is 0.706. The predicted octanol–water partition coefficient (Wildman–Crippen LogP) is 3.75. The van der Waals surface area contributed by atoms with E-state index in [9.17, 15) is 4.79 Å². The molecule has 1 amide bonds. The number of thiazole rings is 1. The number of carbonyl (C=O) groups is 1. The van der Waals surface area contributed by atoms with Gasteiger partial charge in [0.15, 0.2) is 11.5 Å². The molecule has 25 heavy (non-hydrogen) atoms. The first kappa shape index (κ1) is 19.5. The third kappa shape index (κ3) is 4.86. The highest BCUT2D eigenvalue weighted by Crippen LogP contribution is 2.33. The molecule has 1 heterocycles. The standard InChI is InChI=1S/C18H23ClN2O3S/c1-18(2,11-19)17(22)20-8-7-13-10-25-16(21-13)12-5-6-14(23-3)15(9-12)24-4/h5-6,9-10H,7-8,11H2,1-4H3,(H,20,22). The summed E-state index contributed by atoms with van der Waals surface area (Å²) in [7, 11) is 3.22. The molecule has 0 atom stereocenters. The first-order valence-electron chi connectivity index (χ1n) is 7.92. The molecule has 136 valence electrons. The lowest BCUT2D eigenvalue weighted by molar-refractivity contribution is -0.128. The number of alkyl halides is 1. The molecule has 0 spiro atoms. The van der Waals surface area contributed by atoms with E-state index in [1.165, 1.54) is 0 Å². The number of benzene rings is 1. The predicted molar refractivity (Wildman–Crippen MR) is 102 cm³/mol. The molecule has 1 aromatic carbocycles. The summed E-state index contributed by atoms with van der Waals surface area (Å²) in [5.74, 6) is 1.61. The van der Waals surface area contributed by atoms with Crippen LogP contribution in [0.25, 0.3) is 10.6 Å². The van der Waals surface area contributed by atoms with Crippen LogP contribution in [0.2, 0.25) is 0 Å². The molecule has 0 aliphatic carbocycles. The molecule has 5 nitrogen and oxygen atoms in total. The van der Waals surface area contributed by atoms with E-state index in [0.717, 1.165) is 16.3 Å².